The van der Waals surface area contributed by atoms with Crippen LogP contribution in [0.2, 0.25) is 0 Å². The molecule has 1 aromatic carbocycles. The fraction of sp³-hybridized carbons (Fsp3) is 0.526. The maximum absolute atomic E-state index is 12.2. The van der Waals surface area contributed by atoms with Crippen LogP contribution in [0.3, 0.4) is 0 Å². The molecule has 134 valence electrons. The van der Waals surface area contributed by atoms with Gasteiger partial charge in [-0.05, 0) is 42.5 Å². The fourth-order valence-corrected chi connectivity index (χ4v) is 3.46. The normalized spacial score (nSPS) is 20.9. The molecule has 1 aromatic heterocycles. The molecule has 1 atom stereocenters. The van der Waals surface area contributed by atoms with E-state index in [4.69, 9.17) is 4.52 Å². The van der Waals surface area contributed by atoms with Crippen molar-refractivity contribution in [2.24, 2.45) is 5.41 Å². The zero-order chi connectivity index (χ0) is 18.0. The van der Waals surface area contributed by atoms with Crippen molar-refractivity contribution in [3.8, 4) is 0 Å². The van der Waals surface area contributed by atoms with Crippen LogP contribution in [-0.2, 0) is 11.2 Å². The Bertz CT molecular complexity index is 756. The van der Waals surface area contributed by atoms with Crippen LogP contribution >= 0.6 is 0 Å². The molecule has 25 heavy (non-hydrogen) atoms. The smallest absolute Gasteiger partial charge is 0.311 e. The fourth-order valence-electron chi connectivity index (χ4n) is 3.46. The van der Waals surface area contributed by atoms with Gasteiger partial charge in [0.1, 0.15) is 0 Å². The average Bonchev–Trinajstić information content (AvgIpc) is 3.07. The maximum atomic E-state index is 12.2. The Labute approximate surface area is 147 Å². The summed E-state index contributed by atoms with van der Waals surface area (Å²) in [7, 11) is 0. The monoisotopic (exact) mass is 343 g/mol. The van der Waals surface area contributed by atoms with Crippen molar-refractivity contribution in [1.29, 1.82) is 0 Å². The minimum atomic E-state index is -0.830. The first-order valence-electron chi connectivity index (χ1n) is 8.78. The standard InChI is InChI=1S/C19H25N3O3/c1-13(2)16-20-18(21-25-16)22-10-6-9-19(12-22,17(23)24)11-15-8-5-4-7-14(15)3/h4-5,7-8,13H,6,9-12H2,1-3H3,(H,23,24)/t19-/m1/s1. The van der Waals surface area contributed by atoms with Crippen molar-refractivity contribution < 1.29 is 14.4 Å². The number of benzene rings is 1. The van der Waals surface area contributed by atoms with E-state index in [1.54, 1.807) is 0 Å². The lowest BCUT2D eigenvalue weighted by Gasteiger charge is -2.39. The van der Waals surface area contributed by atoms with Gasteiger partial charge in [0.25, 0.3) is 5.95 Å². The van der Waals surface area contributed by atoms with E-state index >= 15 is 0 Å². The average molecular weight is 343 g/mol. The molecule has 0 spiro atoms. The molecule has 1 fully saturated rings. The van der Waals surface area contributed by atoms with Gasteiger partial charge in [-0.15, -0.1) is 0 Å². The Balaban J connectivity index is 1.86. The number of carbonyl (C=O) groups is 1. The third-order valence-electron chi connectivity index (χ3n) is 5.03. The number of anilines is 1. The third-order valence-corrected chi connectivity index (χ3v) is 5.03. The van der Waals surface area contributed by atoms with Crippen LogP contribution in [0.4, 0.5) is 5.95 Å². The highest BCUT2D eigenvalue weighted by Gasteiger charge is 2.43. The van der Waals surface area contributed by atoms with Crippen LogP contribution in [0.1, 0.15) is 49.6 Å². The van der Waals surface area contributed by atoms with Gasteiger partial charge in [0.15, 0.2) is 0 Å². The van der Waals surface area contributed by atoms with E-state index in [-0.39, 0.29) is 5.92 Å². The first-order chi connectivity index (χ1) is 11.9. The second-order valence-electron chi connectivity index (χ2n) is 7.30. The predicted octanol–water partition coefficient (Wildman–Crippen LogP) is 3.42. The summed E-state index contributed by atoms with van der Waals surface area (Å²) in [6, 6.07) is 7.99. The number of piperidine rings is 1. The topological polar surface area (TPSA) is 79.5 Å². The molecule has 1 aliphatic heterocycles. The van der Waals surface area contributed by atoms with Gasteiger partial charge < -0.3 is 14.5 Å². The summed E-state index contributed by atoms with van der Waals surface area (Å²) in [5.41, 5.74) is 1.38. The van der Waals surface area contributed by atoms with Gasteiger partial charge >= 0.3 is 5.97 Å². The van der Waals surface area contributed by atoms with Crippen molar-refractivity contribution in [3.05, 3.63) is 41.3 Å². The van der Waals surface area contributed by atoms with Crippen LogP contribution in [0.25, 0.3) is 0 Å². The molecule has 6 nitrogen and oxygen atoms in total. The van der Waals surface area contributed by atoms with Crippen LogP contribution in [-0.4, -0.2) is 34.3 Å². The van der Waals surface area contributed by atoms with Gasteiger partial charge in [0, 0.05) is 19.0 Å². The van der Waals surface area contributed by atoms with Crippen molar-refractivity contribution in [1.82, 2.24) is 10.1 Å². The highest BCUT2D eigenvalue weighted by atomic mass is 16.5. The number of nitrogens with zero attached hydrogens (tertiary/aromatic N) is 3. The molecule has 0 radical (unpaired) electrons. The van der Waals surface area contributed by atoms with Gasteiger partial charge in [-0.2, -0.15) is 4.98 Å². The van der Waals surface area contributed by atoms with Gasteiger partial charge in [0.2, 0.25) is 5.89 Å². The van der Waals surface area contributed by atoms with Gasteiger partial charge in [-0.1, -0.05) is 38.1 Å². The van der Waals surface area contributed by atoms with Crippen molar-refractivity contribution >= 4 is 11.9 Å². The Kier molecular flexibility index (Phi) is 4.79. The van der Waals surface area contributed by atoms with Crippen molar-refractivity contribution in [2.75, 3.05) is 18.0 Å². The number of carboxylic acid groups (broad SMARTS) is 1. The summed E-state index contributed by atoms with van der Waals surface area (Å²) in [6.07, 6.45) is 1.96. The molecular weight excluding hydrogens is 318 g/mol. The van der Waals surface area contributed by atoms with Gasteiger partial charge in [-0.3, -0.25) is 4.79 Å². The van der Waals surface area contributed by atoms with E-state index in [1.807, 2.05) is 49.9 Å². The highest BCUT2D eigenvalue weighted by Crippen LogP contribution is 2.36. The van der Waals surface area contributed by atoms with E-state index in [1.165, 1.54) is 0 Å². The molecule has 2 aromatic rings. The lowest BCUT2D eigenvalue weighted by atomic mass is 9.74. The van der Waals surface area contributed by atoms with Gasteiger partial charge in [-0.25, -0.2) is 0 Å². The second kappa shape index (κ2) is 6.86. The molecule has 0 amide bonds. The molecule has 3 rings (SSSR count). The first-order valence-corrected chi connectivity index (χ1v) is 8.78. The molecule has 0 bridgehead atoms. The first kappa shape index (κ1) is 17.5. The van der Waals surface area contributed by atoms with E-state index in [0.29, 0.717) is 31.2 Å². The summed E-state index contributed by atoms with van der Waals surface area (Å²) in [5, 5.41) is 14.1. The molecule has 1 aliphatic rings. The van der Waals surface area contributed by atoms with Gasteiger partial charge in [0.05, 0.1) is 5.41 Å². The Morgan fingerprint density at radius 2 is 2.16 bits per heavy atom. The number of hydrogen-bond donors (Lipinski definition) is 1. The number of rotatable bonds is 5. The lowest BCUT2D eigenvalue weighted by Crippen LogP contribution is -2.49. The summed E-state index contributed by atoms with van der Waals surface area (Å²) < 4.78 is 5.30. The number of hydrogen-bond acceptors (Lipinski definition) is 5. The molecule has 0 saturated carbocycles. The quantitative estimate of drug-likeness (QED) is 0.896. The largest absolute Gasteiger partial charge is 0.481 e. The molecule has 0 unspecified atom stereocenters. The van der Waals surface area contributed by atoms with E-state index in [9.17, 15) is 9.90 Å². The number of aryl methyl sites for hydroxylation is 1. The van der Waals surface area contributed by atoms with Crippen LogP contribution < -0.4 is 4.90 Å². The van der Waals surface area contributed by atoms with E-state index in [2.05, 4.69) is 10.1 Å². The second-order valence-corrected chi connectivity index (χ2v) is 7.30. The number of aliphatic carboxylic acids is 1. The Morgan fingerprint density at radius 3 is 2.80 bits per heavy atom. The summed E-state index contributed by atoms with van der Waals surface area (Å²) in [6.45, 7) is 7.16. The Hall–Kier alpha value is -2.37. The number of carboxylic acids is 1. The molecule has 1 saturated heterocycles. The molecule has 1 N–H and O–H groups in total. The molecular formula is C19H25N3O3. The van der Waals surface area contributed by atoms with Crippen LogP contribution in [0.5, 0.6) is 0 Å². The van der Waals surface area contributed by atoms with Crippen molar-refractivity contribution in [3.63, 3.8) is 0 Å². The molecule has 2 heterocycles. The SMILES string of the molecule is Cc1ccccc1C[C@]1(C(=O)O)CCCN(c2noc(C(C)C)n2)C1. The lowest BCUT2D eigenvalue weighted by molar-refractivity contribution is -0.149. The van der Waals surface area contributed by atoms with Crippen LogP contribution in [0.15, 0.2) is 28.8 Å². The summed E-state index contributed by atoms with van der Waals surface area (Å²) in [4.78, 5) is 18.6. The van der Waals surface area contributed by atoms with Crippen molar-refractivity contribution in [2.45, 2.75) is 46.0 Å². The minimum Gasteiger partial charge on any atom is -0.481 e. The van der Waals surface area contributed by atoms with Crippen LogP contribution in [0, 0.1) is 12.3 Å². The third kappa shape index (κ3) is 3.52. The predicted molar refractivity (Wildman–Crippen MR) is 94.8 cm³/mol. The highest BCUT2D eigenvalue weighted by molar-refractivity contribution is 5.76. The molecule has 0 aliphatic carbocycles. The minimum absolute atomic E-state index is 0.155. The maximum Gasteiger partial charge on any atom is 0.311 e. The summed E-state index contributed by atoms with van der Waals surface area (Å²) in [5.74, 6) is 0.481. The Morgan fingerprint density at radius 1 is 1.40 bits per heavy atom. The zero-order valence-electron chi connectivity index (χ0n) is 15.0. The molecule has 6 heteroatoms. The van der Waals surface area contributed by atoms with E-state index < -0.39 is 11.4 Å². The van der Waals surface area contributed by atoms with E-state index in [0.717, 1.165) is 24.1 Å². The summed E-state index contributed by atoms with van der Waals surface area (Å²) >= 11 is 0. The zero-order valence-corrected chi connectivity index (χ0v) is 15.0. The number of aromatic nitrogens is 2.